The van der Waals surface area contributed by atoms with E-state index in [1.165, 1.54) is 11.3 Å². The molecule has 7 heteroatoms. The number of unbranched alkanes of at least 4 members (excludes halogenated alkanes) is 2. The Morgan fingerprint density at radius 3 is 2.40 bits per heavy atom. The molecule has 0 radical (unpaired) electrons. The van der Waals surface area contributed by atoms with Crippen LogP contribution in [-0.2, 0) is 16.1 Å². The molecule has 0 aliphatic carbocycles. The first kappa shape index (κ1) is 29.0. The Morgan fingerprint density at radius 2 is 1.69 bits per heavy atom. The van der Waals surface area contributed by atoms with E-state index < -0.39 is 12.0 Å². The number of fused-ring (bicyclic) bond motifs is 1. The van der Waals surface area contributed by atoms with Crippen LogP contribution >= 0.6 is 11.3 Å². The lowest BCUT2D eigenvalue weighted by Crippen LogP contribution is -2.39. The molecule has 4 aromatic rings. The highest BCUT2D eigenvalue weighted by molar-refractivity contribution is 7.07. The van der Waals surface area contributed by atoms with E-state index in [4.69, 9.17) is 14.5 Å². The van der Waals surface area contributed by atoms with Crippen molar-refractivity contribution in [3.05, 3.63) is 139 Å². The summed E-state index contributed by atoms with van der Waals surface area (Å²) in [7, 11) is 0. The van der Waals surface area contributed by atoms with Gasteiger partial charge in [-0.05, 0) is 48.2 Å². The first-order valence-corrected chi connectivity index (χ1v) is 15.0. The Bertz CT molecular complexity index is 1750. The molecule has 0 saturated carbocycles. The molecule has 1 aliphatic heterocycles. The zero-order chi connectivity index (χ0) is 29.3. The number of hydrogen-bond acceptors (Lipinski definition) is 6. The fourth-order valence-electron chi connectivity index (χ4n) is 4.81. The van der Waals surface area contributed by atoms with Crippen LogP contribution in [0.15, 0.2) is 112 Å². The van der Waals surface area contributed by atoms with Gasteiger partial charge in [0, 0.05) is 0 Å². The number of carbonyl (C=O) groups excluding carboxylic acids is 1. The lowest BCUT2D eigenvalue weighted by molar-refractivity contribution is -0.140. The normalized spacial score (nSPS) is 15.0. The maximum absolute atomic E-state index is 13.8. The Kier molecular flexibility index (Phi) is 9.62. The van der Waals surface area contributed by atoms with E-state index in [1.807, 2.05) is 97.1 Å². The van der Waals surface area contributed by atoms with Crippen molar-refractivity contribution in [3.8, 4) is 5.75 Å². The van der Waals surface area contributed by atoms with E-state index in [0.29, 0.717) is 27.2 Å². The van der Waals surface area contributed by atoms with Gasteiger partial charge in [0.1, 0.15) is 12.4 Å². The second kappa shape index (κ2) is 13.9. The van der Waals surface area contributed by atoms with Gasteiger partial charge in [-0.1, -0.05) is 116 Å². The number of ether oxygens (including phenoxy) is 2. The SMILES string of the molecule is CCCCCOc1ccc(C2C(C(=O)OCc3ccccc3)=C(C)N=c3sc(=CC=Cc4ccccc4)c(=O)n32)cc1. The highest BCUT2D eigenvalue weighted by atomic mass is 32.1. The molecule has 42 heavy (non-hydrogen) atoms. The van der Waals surface area contributed by atoms with Crippen LogP contribution < -0.4 is 19.6 Å². The molecule has 0 saturated heterocycles. The average molecular weight is 579 g/mol. The van der Waals surface area contributed by atoms with Gasteiger partial charge in [0.25, 0.3) is 5.56 Å². The van der Waals surface area contributed by atoms with Gasteiger partial charge in [-0.25, -0.2) is 9.79 Å². The number of thiazole rings is 1. The number of hydrogen-bond donors (Lipinski definition) is 0. The van der Waals surface area contributed by atoms with Crippen LogP contribution in [0.25, 0.3) is 12.2 Å². The summed E-state index contributed by atoms with van der Waals surface area (Å²) in [6.07, 6.45) is 8.85. The maximum Gasteiger partial charge on any atom is 0.338 e. The van der Waals surface area contributed by atoms with Crippen LogP contribution in [0.1, 0.15) is 55.8 Å². The predicted molar refractivity (Wildman–Crippen MR) is 168 cm³/mol. The second-order valence-corrected chi connectivity index (χ2v) is 11.1. The highest BCUT2D eigenvalue weighted by Crippen LogP contribution is 2.32. The van der Waals surface area contributed by atoms with Crippen molar-refractivity contribution >= 4 is 29.5 Å². The van der Waals surface area contributed by atoms with E-state index in [-0.39, 0.29) is 12.2 Å². The van der Waals surface area contributed by atoms with Gasteiger partial charge in [-0.3, -0.25) is 9.36 Å². The molecule has 0 amide bonds. The molecule has 5 rings (SSSR count). The van der Waals surface area contributed by atoms with Crippen molar-refractivity contribution < 1.29 is 14.3 Å². The first-order valence-electron chi connectivity index (χ1n) is 14.2. The molecule has 2 heterocycles. The minimum atomic E-state index is -0.682. The summed E-state index contributed by atoms with van der Waals surface area (Å²) in [6, 6.07) is 26.4. The van der Waals surface area contributed by atoms with Crippen LogP contribution in [0.4, 0.5) is 0 Å². The predicted octanol–water partition coefficient (Wildman–Crippen LogP) is 6.21. The third kappa shape index (κ3) is 6.86. The minimum absolute atomic E-state index is 0.127. The number of benzene rings is 3. The number of nitrogens with zero attached hydrogens (tertiary/aromatic N) is 2. The van der Waals surface area contributed by atoms with E-state index >= 15 is 0 Å². The van der Waals surface area contributed by atoms with Gasteiger partial charge in [0.2, 0.25) is 0 Å². The van der Waals surface area contributed by atoms with E-state index in [0.717, 1.165) is 41.7 Å². The van der Waals surface area contributed by atoms with Gasteiger partial charge in [0.15, 0.2) is 4.80 Å². The van der Waals surface area contributed by atoms with Gasteiger partial charge < -0.3 is 9.47 Å². The number of carbonyl (C=O) groups is 1. The average Bonchev–Trinajstić information content (AvgIpc) is 3.33. The van der Waals surface area contributed by atoms with Crippen LogP contribution in [0.3, 0.4) is 0 Å². The van der Waals surface area contributed by atoms with Crippen molar-refractivity contribution in [3.63, 3.8) is 0 Å². The molecule has 0 N–H and O–H groups in total. The topological polar surface area (TPSA) is 69.9 Å². The quantitative estimate of drug-likeness (QED) is 0.157. The Morgan fingerprint density at radius 1 is 0.976 bits per heavy atom. The number of aromatic nitrogens is 1. The highest BCUT2D eigenvalue weighted by Gasteiger charge is 2.33. The van der Waals surface area contributed by atoms with Gasteiger partial charge >= 0.3 is 5.97 Å². The van der Waals surface area contributed by atoms with Crippen LogP contribution in [0.5, 0.6) is 5.75 Å². The van der Waals surface area contributed by atoms with E-state index in [2.05, 4.69) is 6.92 Å². The number of esters is 1. The van der Waals surface area contributed by atoms with Crippen molar-refractivity contribution in [1.29, 1.82) is 0 Å². The third-order valence-electron chi connectivity index (χ3n) is 7.00. The van der Waals surface area contributed by atoms with Crippen molar-refractivity contribution in [2.45, 2.75) is 45.8 Å². The number of allylic oxidation sites excluding steroid dienone is 2. The van der Waals surface area contributed by atoms with Gasteiger partial charge in [0.05, 0.1) is 28.5 Å². The standard InChI is InChI=1S/C35H34N2O4S/c1-3-4-11-23-40-29-21-19-28(20-22-29)32-31(34(39)41-24-27-15-9-6-10-16-27)25(2)36-35-37(32)33(38)30(42-35)18-12-17-26-13-7-5-8-14-26/h5-10,12-22,32H,3-4,11,23-24H2,1-2H3. The Hall–Kier alpha value is -4.49. The number of rotatable bonds is 11. The zero-order valence-corrected chi connectivity index (χ0v) is 24.7. The molecule has 1 unspecified atom stereocenters. The second-order valence-electron chi connectivity index (χ2n) is 10.1. The van der Waals surface area contributed by atoms with Crippen LogP contribution in [0.2, 0.25) is 0 Å². The molecule has 6 nitrogen and oxygen atoms in total. The maximum atomic E-state index is 13.8. The van der Waals surface area contributed by atoms with Gasteiger partial charge in [-0.15, -0.1) is 0 Å². The molecule has 0 bridgehead atoms. The minimum Gasteiger partial charge on any atom is -0.494 e. The largest absolute Gasteiger partial charge is 0.494 e. The molecule has 1 aliphatic rings. The Labute approximate surface area is 249 Å². The van der Waals surface area contributed by atoms with E-state index in [9.17, 15) is 9.59 Å². The summed E-state index contributed by atoms with van der Waals surface area (Å²) in [5, 5.41) is 0. The van der Waals surface area contributed by atoms with Crippen molar-refractivity contribution in [2.75, 3.05) is 6.61 Å². The fourth-order valence-corrected chi connectivity index (χ4v) is 5.81. The summed E-state index contributed by atoms with van der Waals surface area (Å²) in [5.41, 5.74) is 3.38. The molecule has 1 aromatic heterocycles. The summed E-state index contributed by atoms with van der Waals surface area (Å²) in [6.45, 7) is 4.73. The third-order valence-corrected chi connectivity index (χ3v) is 8.00. The smallest absolute Gasteiger partial charge is 0.338 e. The fraction of sp³-hybridized carbons (Fsp3) is 0.229. The monoisotopic (exact) mass is 578 g/mol. The van der Waals surface area contributed by atoms with Crippen LogP contribution in [-0.4, -0.2) is 17.1 Å². The summed E-state index contributed by atoms with van der Waals surface area (Å²) in [4.78, 5) is 32.6. The first-order chi connectivity index (χ1) is 20.5. The van der Waals surface area contributed by atoms with Crippen LogP contribution in [0, 0.1) is 0 Å². The molecule has 1 atom stereocenters. The zero-order valence-electron chi connectivity index (χ0n) is 23.9. The summed E-state index contributed by atoms with van der Waals surface area (Å²) >= 11 is 1.31. The Balaban J connectivity index is 1.50. The molecular formula is C35H34N2O4S. The lowest BCUT2D eigenvalue weighted by Gasteiger charge is -2.25. The van der Waals surface area contributed by atoms with Crippen molar-refractivity contribution in [2.24, 2.45) is 4.99 Å². The summed E-state index contributed by atoms with van der Waals surface area (Å²) in [5.74, 6) is 0.255. The molecule has 0 spiro atoms. The summed E-state index contributed by atoms with van der Waals surface area (Å²) < 4.78 is 13.8. The van der Waals surface area contributed by atoms with Crippen molar-refractivity contribution in [1.82, 2.24) is 4.57 Å². The van der Waals surface area contributed by atoms with Gasteiger partial charge in [-0.2, -0.15) is 0 Å². The molecule has 0 fully saturated rings. The molecule has 3 aromatic carbocycles. The molecular weight excluding hydrogens is 544 g/mol. The van der Waals surface area contributed by atoms with E-state index in [1.54, 1.807) is 17.6 Å². The molecule has 214 valence electrons. The lowest BCUT2D eigenvalue weighted by atomic mass is 9.96.